The molecule has 1 unspecified atom stereocenters. The van der Waals surface area contributed by atoms with Crippen LogP contribution >= 0.6 is 0 Å². The van der Waals surface area contributed by atoms with Gasteiger partial charge in [0.25, 0.3) is 0 Å². The molecule has 0 amide bonds. The number of hydrogen-bond acceptors (Lipinski definition) is 3. The summed E-state index contributed by atoms with van der Waals surface area (Å²) in [4.78, 5) is 16.0. The number of rotatable bonds is 1. The molecule has 1 aliphatic rings. The van der Waals surface area contributed by atoms with Gasteiger partial charge in [0.15, 0.2) is 5.54 Å². The van der Waals surface area contributed by atoms with Gasteiger partial charge >= 0.3 is 5.97 Å². The van der Waals surface area contributed by atoms with Crippen LogP contribution in [0.15, 0.2) is 42.6 Å². The van der Waals surface area contributed by atoms with Crippen LogP contribution in [0.1, 0.15) is 23.6 Å². The second-order valence-corrected chi connectivity index (χ2v) is 4.90. The lowest BCUT2D eigenvalue weighted by molar-refractivity contribution is -0.142. The van der Waals surface area contributed by atoms with Crippen LogP contribution in [0.25, 0.3) is 0 Å². The standard InChI is InChI=1S/C15H14N2O2/c1-15(14(18)19)12-7-3-2-5-10(12)9-11-6-4-8-16-13(11)17-15/h2-8H,9H2,1H3,(H,16,17)(H,18,19). The Hall–Kier alpha value is -2.36. The number of carboxylic acid groups (broad SMARTS) is 1. The first-order valence-electron chi connectivity index (χ1n) is 6.15. The van der Waals surface area contributed by atoms with Gasteiger partial charge in [0, 0.05) is 12.6 Å². The molecule has 0 radical (unpaired) electrons. The van der Waals surface area contributed by atoms with E-state index in [1.807, 2.05) is 36.4 Å². The first-order valence-corrected chi connectivity index (χ1v) is 6.15. The molecule has 0 spiro atoms. The van der Waals surface area contributed by atoms with Crippen molar-refractivity contribution in [1.29, 1.82) is 0 Å². The Kier molecular flexibility index (Phi) is 2.52. The van der Waals surface area contributed by atoms with Crippen LogP contribution in [-0.4, -0.2) is 16.1 Å². The molecule has 0 bridgehead atoms. The molecule has 4 heteroatoms. The largest absolute Gasteiger partial charge is 0.479 e. The highest BCUT2D eigenvalue weighted by Gasteiger charge is 2.39. The van der Waals surface area contributed by atoms with Crippen molar-refractivity contribution in [3.8, 4) is 0 Å². The van der Waals surface area contributed by atoms with Crippen molar-refractivity contribution >= 4 is 11.8 Å². The van der Waals surface area contributed by atoms with Crippen molar-refractivity contribution in [2.24, 2.45) is 0 Å². The second kappa shape index (κ2) is 4.09. The van der Waals surface area contributed by atoms with E-state index in [9.17, 15) is 9.90 Å². The number of aromatic nitrogens is 1. The van der Waals surface area contributed by atoms with Crippen LogP contribution in [-0.2, 0) is 16.8 Å². The number of carboxylic acids is 1. The smallest absolute Gasteiger partial charge is 0.333 e. The summed E-state index contributed by atoms with van der Waals surface area (Å²) in [6, 6.07) is 11.5. The van der Waals surface area contributed by atoms with Gasteiger partial charge in [-0.25, -0.2) is 9.78 Å². The third-order valence-corrected chi connectivity index (χ3v) is 3.62. The zero-order valence-electron chi connectivity index (χ0n) is 10.6. The van der Waals surface area contributed by atoms with Gasteiger partial charge in [0.1, 0.15) is 5.82 Å². The fraction of sp³-hybridized carbons (Fsp3) is 0.200. The SMILES string of the molecule is CC1(C(=O)O)Nc2ncccc2Cc2ccccc21. The van der Waals surface area contributed by atoms with Gasteiger partial charge in [-0.05, 0) is 29.7 Å². The third-order valence-electron chi connectivity index (χ3n) is 3.62. The molecule has 2 N–H and O–H groups in total. The van der Waals surface area contributed by atoms with Crippen molar-refractivity contribution in [2.45, 2.75) is 18.9 Å². The molecule has 1 aliphatic heterocycles. The van der Waals surface area contributed by atoms with Gasteiger partial charge in [-0.3, -0.25) is 0 Å². The zero-order valence-corrected chi connectivity index (χ0v) is 10.6. The van der Waals surface area contributed by atoms with Crippen LogP contribution in [0.4, 0.5) is 5.82 Å². The highest BCUT2D eigenvalue weighted by molar-refractivity contribution is 5.85. The predicted octanol–water partition coefficient (Wildman–Crippen LogP) is 2.40. The van der Waals surface area contributed by atoms with Crippen LogP contribution in [0, 0.1) is 0 Å². The van der Waals surface area contributed by atoms with E-state index in [1.54, 1.807) is 13.1 Å². The van der Waals surface area contributed by atoms with E-state index in [0.29, 0.717) is 12.2 Å². The van der Waals surface area contributed by atoms with Crippen molar-refractivity contribution < 1.29 is 9.90 Å². The maximum atomic E-state index is 11.7. The highest BCUT2D eigenvalue weighted by atomic mass is 16.4. The lowest BCUT2D eigenvalue weighted by Crippen LogP contribution is -2.40. The van der Waals surface area contributed by atoms with Crippen LogP contribution in [0.5, 0.6) is 0 Å². The van der Waals surface area contributed by atoms with Crippen molar-refractivity contribution in [3.05, 3.63) is 59.3 Å². The number of benzene rings is 1. The van der Waals surface area contributed by atoms with Crippen molar-refractivity contribution in [3.63, 3.8) is 0 Å². The molecule has 1 atom stereocenters. The minimum Gasteiger partial charge on any atom is -0.479 e. The maximum Gasteiger partial charge on any atom is 0.333 e. The van der Waals surface area contributed by atoms with E-state index >= 15 is 0 Å². The molecule has 0 aliphatic carbocycles. The molecule has 19 heavy (non-hydrogen) atoms. The van der Waals surface area contributed by atoms with E-state index in [4.69, 9.17) is 0 Å². The minimum atomic E-state index is -1.16. The fourth-order valence-corrected chi connectivity index (χ4v) is 2.53. The predicted molar refractivity (Wildman–Crippen MR) is 72.1 cm³/mol. The topological polar surface area (TPSA) is 62.2 Å². The normalized spacial score (nSPS) is 20.7. The van der Waals surface area contributed by atoms with Crippen molar-refractivity contribution in [2.75, 3.05) is 5.32 Å². The van der Waals surface area contributed by atoms with Gasteiger partial charge in [0.2, 0.25) is 0 Å². The first kappa shape index (κ1) is 11.7. The van der Waals surface area contributed by atoms with E-state index < -0.39 is 11.5 Å². The Balaban J connectivity index is 2.26. The molecule has 2 heterocycles. The summed E-state index contributed by atoms with van der Waals surface area (Å²) in [6.45, 7) is 1.68. The molecule has 2 aromatic rings. The van der Waals surface area contributed by atoms with Crippen LogP contribution < -0.4 is 5.32 Å². The molecule has 1 aromatic carbocycles. The Bertz CT molecular complexity index is 654. The lowest BCUT2D eigenvalue weighted by Gasteiger charge is -2.27. The molecular formula is C15H14N2O2. The third kappa shape index (κ3) is 1.76. The Labute approximate surface area is 111 Å². The summed E-state index contributed by atoms with van der Waals surface area (Å²) in [5.41, 5.74) is 1.67. The van der Waals surface area contributed by atoms with Crippen LogP contribution in [0.2, 0.25) is 0 Å². The number of fused-ring (bicyclic) bond motifs is 2. The van der Waals surface area contributed by atoms with Gasteiger partial charge < -0.3 is 10.4 Å². The maximum absolute atomic E-state index is 11.7. The van der Waals surface area contributed by atoms with Crippen LogP contribution in [0.3, 0.4) is 0 Å². The molecule has 96 valence electrons. The molecule has 0 saturated carbocycles. The Morgan fingerprint density at radius 2 is 2.00 bits per heavy atom. The number of aliphatic carboxylic acids is 1. The number of nitrogens with zero attached hydrogens (tertiary/aromatic N) is 1. The zero-order chi connectivity index (χ0) is 13.5. The highest BCUT2D eigenvalue weighted by Crippen LogP contribution is 2.34. The molecular weight excluding hydrogens is 240 g/mol. The lowest BCUT2D eigenvalue weighted by atomic mass is 9.88. The number of hydrogen-bond donors (Lipinski definition) is 2. The number of nitrogens with one attached hydrogen (secondary N) is 1. The van der Waals surface area contributed by atoms with Gasteiger partial charge in [-0.15, -0.1) is 0 Å². The summed E-state index contributed by atoms with van der Waals surface area (Å²) >= 11 is 0. The fourth-order valence-electron chi connectivity index (χ4n) is 2.53. The Morgan fingerprint density at radius 3 is 2.79 bits per heavy atom. The summed E-state index contributed by atoms with van der Waals surface area (Å²) < 4.78 is 0. The summed E-state index contributed by atoms with van der Waals surface area (Å²) in [6.07, 6.45) is 2.36. The molecule has 3 rings (SSSR count). The van der Waals surface area contributed by atoms with Crippen molar-refractivity contribution in [1.82, 2.24) is 4.98 Å². The van der Waals surface area contributed by atoms with E-state index in [2.05, 4.69) is 10.3 Å². The van der Waals surface area contributed by atoms with E-state index in [0.717, 1.165) is 16.7 Å². The quantitative estimate of drug-likeness (QED) is 0.820. The van der Waals surface area contributed by atoms with Gasteiger partial charge in [0.05, 0.1) is 0 Å². The molecule has 1 aromatic heterocycles. The van der Waals surface area contributed by atoms with E-state index in [-0.39, 0.29) is 0 Å². The number of carbonyl (C=O) groups is 1. The summed E-state index contributed by atoms with van der Waals surface area (Å²) in [5.74, 6) is -0.262. The minimum absolute atomic E-state index is 0.642. The number of pyridine rings is 1. The average Bonchev–Trinajstić information content (AvgIpc) is 2.53. The van der Waals surface area contributed by atoms with Gasteiger partial charge in [-0.2, -0.15) is 0 Å². The second-order valence-electron chi connectivity index (χ2n) is 4.90. The molecule has 0 saturated heterocycles. The van der Waals surface area contributed by atoms with E-state index in [1.165, 1.54) is 0 Å². The summed E-state index contributed by atoms with van der Waals surface area (Å²) in [5, 5.41) is 12.7. The monoisotopic (exact) mass is 254 g/mol. The first-order chi connectivity index (χ1) is 9.11. The average molecular weight is 254 g/mol. The Morgan fingerprint density at radius 1 is 1.26 bits per heavy atom. The number of anilines is 1. The molecule has 0 fully saturated rings. The summed E-state index contributed by atoms with van der Waals surface area (Å²) in [7, 11) is 0. The van der Waals surface area contributed by atoms with Gasteiger partial charge in [-0.1, -0.05) is 30.3 Å². The molecule has 4 nitrogen and oxygen atoms in total.